The van der Waals surface area contributed by atoms with Crippen molar-refractivity contribution < 1.29 is 9.90 Å². The summed E-state index contributed by atoms with van der Waals surface area (Å²) in [6.45, 7) is 4.09. The van der Waals surface area contributed by atoms with Crippen LogP contribution >= 0.6 is 0 Å². The van der Waals surface area contributed by atoms with E-state index in [0.29, 0.717) is 5.52 Å². The van der Waals surface area contributed by atoms with Crippen LogP contribution in [-0.4, -0.2) is 50.6 Å². The van der Waals surface area contributed by atoms with Crippen molar-refractivity contribution in [1.82, 2.24) is 19.9 Å². The van der Waals surface area contributed by atoms with Crippen LogP contribution in [0, 0.1) is 0 Å². The Balaban J connectivity index is 1.78. The van der Waals surface area contributed by atoms with Crippen molar-refractivity contribution in [3.05, 3.63) is 23.8 Å². The molecule has 1 fully saturated rings. The van der Waals surface area contributed by atoms with Crippen LogP contribution < -0.4 is 0 Å². The molecule has 2 heterocycles. The molecule has 19 heavy (non-hydrogen) atoms. The van der Waals surface area contributed by atoms with Crippen molar-refractivity contribution in [3.63, 3.8) is 0 Å². The number of carbonyl (C=O) groups is 1. The van der Waals surface area contributed by atoms with E-state index in [1.165, 1.54) is 12.8 Å². The lowest BCUT2D eigenvalue weighted by Gasteiger charge is -2.13. The molecule has 1 N–H and O–H groups in total. The van der Waals surface area contributed by atoms with Crippen LogP contribution in [0.4, 0.5) is 0 Å². The second kappa shape index (κ2) is 4.97. The molecule has 1 aliphatic heterocycles. The van der Waals surface area contributed by atoms with Crippen molar-refractivity contribution in [2.45, 2.75) is 19.4 Å². The van der Waals surface area contributed by atoms with Crippen molar-refractivity contribution >= 4 is 17.0 Å². The summed E-state index contributed by atoms with van der Waals surface area (Å²) in [5, 5.41) is 17.1. The molecule has 0 unspecified atom stereocenters. The molecule has 2 aromatic rings. The zero-order valence-corrected chi connectivity index (χ0v) is 10.6. The Kier molecular flexibility index (Phi) is 3.16. The maximum absolute atomic E-state index is 10.9. The number of hydrogen-bond acceptors (Lipinski definition) is 4. The topological polar surface area (TPSA) is 71.2 Å². The number of hydrogen-bond donors (Lipinski definition) is 1. The number of likely N-dealkylation sites (tertiary alicyclic amines) is 1. The van der Waals surface area contributed by atoms with Crippen LogP contribution in [0.1, 0.15) is 23.2 Å². The van der Waals surface area contributed by atoms with E-state index in [1.807, 2.05) is 4.68 Å². The van der Waals surface area contributed by atoms with Crippen molar-refractivity contribution in [3.8, 4) is 0 Å². The van der Waals surface area contributed by atoms with Gasteiger partial charge in [0.2, 0.25) is 0 Å². The average molecular weight is 260 g/mol. The van der Waals surface area contributed by atoms with Gasteiger partial charge in [-0.2, -0.15) is 0 Å². The standard InChI is InChI=1S/C13H16N4O2/c18-13(19)10-3-4-12-11(9-10)14-15-17(12)8-7-16-5-1-2-6-16/h3-4,9H,1-2,5-8H2,(H,18,19). The minimum absolute atomic E-state index is 0.249. The van der Waals surface area contributed by atoms with Gasteiger partial charge in [-0.25, -0.2) is 9.48 Å². The molecule has 6 heteroatoms. The number of carboxylic acids is 1. The lowest BCUT2D eigenvalue weighted by Crippen LogP contribution is -2.24. The number of rotatable bonds is 4. The summed E-state index contributed by atoms with van der Waals surface area (Å²) in [4.78, 5) is 13.3. The van der Waals surface area contributed by atoms with Gasteiger partial charge in [0.25, 0.3) is 0 Å². The molecule has 0 bridgehead atoms. The fraction of sp³-hybridized carbons (Fsp3) is 0.462. The molecule has 1 aliphatic rings. The fourth-order valence-corrected chi connectivity index (χ4v) is 2.51. The predicted octanol–water partition coefficient (Wildman–Crippen LogP) is 1.23. The molecule has 100 valence electrons. The van der Waals surface area contributed by atoms with E-state index in [0.717, 1.165) is 31.7 Å². The minimum Gasteiger partial charge on any atom is -0.478 e. The third kappa shape index (κ3) is 2.44. The van der Waals surface area contributed by atoms with Crippen LogP contribution in [0.2, 0.25) is 0 Å². The summed E-state index contributed by atoms with van der Waals surface area (Å²) < 4.78 is 1.85. The van der Waals surface area contributed by atoms with Gasteiger partial charge in [0.1, 0.15) is 5.52 Å². The average Bonchev–Trinajstić information content (AvgIpc) is 3.05. The van der Waals surface area contributed by atoms with Crippen LogP contribution in [0.5, 0.6) is 0 Å². The Morgan fingerprint density at radius 2 is 2.05 bits per heavy atom. The van der Waals surface area contributed by atoms with E-state index in [1.54, 1.807) is 18.2 Å². The molecular weight excluding hydrogens is 244 g/mol. The molecule has 0 amide bonds. The summed E-state index contributed by atoms with van der Waals surface area (Å²) in [6.07, 6.45) is 2.56. The van der Waals surface area contributed by atoms with E-state index in [9.17, 15) is 4.79 Å². The maximum Gasteiger partial charge on any atom is 0.335 e. The smallest absolute Gasteiger partial charge is 0.335 e. The predicted molar refractivity (Wildman–Crippen MR) is 70.2 cm³/mol. The zero-order chi connectivity index (χ0) is 13.2. The first-order valence-electron chi connectivity index (χ1n) is 6.53. The molecular formula is C13H16N4O2. The lowest BCUT2D eigenvalue weighted by atomic mass is 10.2. The van der Waals surface area contributed by atoms with Gasteiger partial charge < -0.3 is 10.0 Å². The number of benzene rings is 1. The molecule has 0 aliphatic carbocycles. The van der Waals surface area contributed by atoms with Gasteiger partial charge >= 0.3 is 5.97 Å². The number of nitrogens with zero attached hydrogens (tertiary/aromatic N) is 4. The normalized spacial score (nSPS) is 16.2. The van der Waals surface area contributed by atoms with Gasteiger partial charge in [0.05, 0.1) is 17.6 Å². The van der Waals surface area contributed by atoms with Crippen molar-refractivity contribution in [1.29, 1.82) is 0 Å². The first kappa shape index (κ1) is 12.1. The molecule has 3 rings (SSSR count). The number of aromatic nitrogens is 3. The van der Waals surface area contributed by atoms with Gasteiger partial charge in [0.15, 0.2) is 0 Å². The van der Waals surface area contributed by atoms with Gasteiger partial charge in [-0.1, -0.05) is 5.21 Å². The summed E-state index contributed by atoms with van der Waals surface area (Å²) in [5.41, 5.74) is 1.78. The first-order valence-corrected chi connectivity index (χ1v) is 6.53. The number of fused-ring (bicyclic) bond motifs is 1. The van der Waals surface area contributed by atoms with E-state index < -0.39 is 5.97 Å². The molecule has 0 radical (unpaired) electrons. The Hall–Kier alpha value is -1.95. The van der Waals surface area contributed by atoms with Crippen LogP contribution in [0.15, 0.2) is 18.2 Å². The highest BCUT2D eigenvalue weighted by Gasteiger charge is 2.13. The second-order valence-corrected chi connectivity index (χ2v) is 4.87. The molecule has 0 saturated carbocycles. The highest BCUT2D eigenvalue weighted by molar-refractivity contribution is 5.92. The van der Waals surface area contributed by atoms with Crippen LogP contribution in [0.3, 0.4) is 0 Å². The maximum atomic E-state index is 10.9. The van der Waals surface area contributed by atoms with Crippen LogP contribution in [-0.2, 0) is 6.54 Å². The first-order chi connectivity index (χ1) is 9.24. The molecule has 1 aromatic carbocycles. The van der Waals surface area contributed by atoms with Gasteiger partial charge in [-0.05, 0) is 44.1 Å². The van der Waals surface area contributed by atoms with E-state index in [4.69, 9.17) is 5.11 Å². The third-order valence-corrected chi connectivity index (χ3v) is 3.59. The Bertz CT molecular complexity index is 602. The highest BCUT2D eigenvalue weighted by Crippen LogP contribution is 2.14. The summed E-state index contributed by atoms with van der Waals surface area (Å²) >= 11 is 0. The van der Waals surface area contributed by atoms with Gasteiger partial charge in [-0.3, -0.25) is 0 Å². The van der Waals surface area contributed by atoms with Crippen molar-refractivity contribution in [2.24, 2.45) is 0 Å². The van der Waals surface area contributed by atoms with Crippen molar-refractivity contribution in [2.75, 3.05) is 19.6 Å². The number of aromatic carboxylic acids is 1. The third-order valence-electron chi connectivity index (χ3n) is 3.59. The quantitative estimate of drug-likeness (QED) is 0.895. The number of carboxylic acid groups (broad SMARTS) is 1. The van der Waals surface area contributed by atoms with E-state index in [2.05, 4.69) is 15.2 Å². The molecule has 1 saturated heterocycles. The second-order valence-electron chi connectivity index (χ2n) is 4.87. The Morgan fingerprint density at radius 3 is 2.79 bits per heavy atom. The monoisotopic (exact) mass is 260 g/mol. The van der Waals surface area contributed by atoms with Gasteiger partial charge in [0, 0.05) is 6.54 Å². The zero-order valence-electron chi connectivity index (χ0n) is 10.6. The Labute approximate surface area is 110 Å². The van der Waals surface area contributed by atoms with E-state index >= 15 is 0 Å². The van der Waals surface area contributed by atoms with E-state index in [-0.39, 0.29) is 5.56 Å². The molecule has 6 nitrogen and oxygen atoms in total. The summed E-state index contributed by atoms with van der Waals surface area (Å²) in [5.74, 6) is -0.937. The molecule has 0 spiro atoms. The summed E-state index contributed by atoms with van der Waals surface area (Å²) in [7, 11) is 0. The molecule has 1 aromatic heterocycles. The fourth-order valence-electron chi connectivity index (χ4n) is 2.51. The van der Waals surface area contributed by atoms with Gasteiger partial charge in [-0.15, -0.1) is 5.10 Å². The summed E-state index contributed by atoms with van der Waals surface area (Å²) in [6, 6.07) is 4.94. The highest BCUT2D eigenvalue weighted by atomic mass is 16.4. The Morgan fingerprint density at radius 1 is 1.26 bits per heavy atom. The minimum atomic E-state index is -0.937. The SMILES string of the molecule is O=C(O)c1ccc2c(c1)nnn2CCN1CCCC1. The lowest BCUT2D eigenvalue weighted by molar-refractivity contribution is 0.0697. The largest absolute Gasteiger partial charge is 0.478 e. The van der Waals surface area contributed by atoms with Crippen LogP contribution in [0.25, 0.3) is 11.0 Å². The molecule has 0 atom stereocenters.